The Balaban J connectivity index is 1.66. The van der Waals surface area contributed by atoms with E-state index in [9.17, 15) is 9.59 Å². The second kappa shape index (κ2) is 8.55. The predicted octanol–water partition coefficient (Wildman–Crippen LogP) is 2.71. The molecule has 3 amide bonds. The molecule has 0 radical (unpaired) electrons. The number of likely N-dealkylation sites (tertiary alicyclic amines) is 1. The molecule has 0 unspecified atom stereocenters. The first-order valence-corrected chi connectivity index (χ1v) is 9.25. The molecule has 23 heavy (non-hydrogen) atoms. The Morgan fingerprint density at radius 2 is 1.57 bits per heavy atom. The standard InChI is InChI=1S/C18H33N3O2/c1-4-14-5-7-15(8-6-14)13-19-18(23)21-11-9-16(10-12-21)17(22)20(2)3/h14-16H,4-13H2,1-3H3,(H,19,23). The fourth-order valence-corrected chi connectivity index (χ4v) is 3.88. The van der Waals surface area contributed by atoms with Crippen molar-refractivity contribution < 1.29 is 9.59 Å². The molecule has 0 aromatic rings. The second-order valence-electron chi connectivity index (χ2n) is 7.48. The number of hydrogen-bond donors (Lipinski definition) is 1. The van der Waals surface area contributed by atoms with Gasteiger partial charge in [-0.1, -0.05) is 26.2 Å². The van der Waals surface area contributed by atoms with E-state index >= 15 is 0 Å². The molecule has 1 heterocycles. The second-order valence-corrected chi connectivity index (χ2v) is 7.48. The summed E-state index contributed by atoms with van der Waals surface area (Å²) in [7, 11) is 3.60. The Labute approximate surface area is 140 Å². The van der Waals surface area contributed by atoms with Crippen molar-refractivity contribution in [2.45, 2.75) is 51.9 Å². The van der Waals surface area contributed by atoms with E-state index in [4.69, 9.17) is 0 Å². The highest BCUT2D eigenvalue weighted by molar-refractivity contribution is 5.79. The maximum Gasteiger partial charge on any atom is 0.317 e. The van der Waals surface area contributed by atoms with Crippen molar-refractivity contribution in [2.24, 2.45) is 17.8 Å². The first-order chi connectivity index (χ1) is 11.0. The van der Waals surface area contributed by atoms with Crippen LogP contribution in [0.25, 0.3) is 0 Å². The van der Waals surface area contributed by atoms with Gasteiger partial charge in [-0.25, -0.2) is 4.79 Å². The molecule has 1 N–H and O–H groups in total. The van der Waals surface area contributed by atoms with E-state index in [1.165, 1.54) is 32.1 Å². The minimum Gasteiger partial charge on any atom is -0.349 e. The Bertz CT molecular complexity index is 395. The molecule has 132 valence electrons. The van der Waals surface area contributed by atoms with Gasteiger partial charge < -0.3 is 15.1 Å². The van der Waals surface area contributed by atoms with Gasteiger partial charge in [0, 0.05) is 39.6 Å². The van der Waals surface area contributed by atoms with Gasteiger partial charge in [0.2, 0.25) is 5.91 Å². The summed E-state index contributed by atoms with van der Waals surface area (Å²) in [5.74, 6) is 1.82. The fraction of sp³-hybridized carbons (Fsp3) is 0.889. The highest BCUT2D eigenvalue weighted by Crippen LogP contribution is 2.30. The topological polar surface area (TPSA) is 52.7 Å². The van der Waals surface area contributed by atoms with E-state index in [0.29, 0.717) is 19.0 Å². The Hall–Kier alpha value is -1.26. The summed E-state index contributed by atoms with van der Waals surface area (Å²) in [6, 6.07) is 0.0540. The molecule has 2 aliphatic rings. The van der Waals surface area contributed by atoms with Gasteiger partial charge in [0.15, 0.2) is 0 Å². The van der Waals surface area contributed by atoms with Gasteiger partial charge in [0.1, 0.15) is 0 Å². The molecule has 0 bridgehead atoms. The molecular formula is C18H33N3O2. The SMILES string of the molecule is CCC1CCC(CNC(=O)N2CCC(C(=O)N(C)C)CC2)CC1. The summed E-state index contributed by atoms with van der Waals surface area (Å²) in [6.45, 7) is 4.47. The van der Waals surface area contributed by atoms with Crippen molar-refractivity contribution in [2.75, 3.05) is 33.7 Å². The van der Waals surface area contributed by atoms with Crippen LogP contribution in [-0.4, -0.2) is 55.5 Å². The monoisotopic (exact) mass is 323 g/mol. The number of carbonyl (C=O) groups excluding carboxylic acids is 2. The maximum absolute atomic E-state index is 12.3. The third kappa shape index (κ3) is 5.11. The number of hydrogen-bond acceptors (Lipinski definition) is 2. The smallest absolute Gasteiger partial charge is 0.317 e. The van der Waals surface area contributed by atoms with Crippen molar-refractivity contribution >= 4 is 11.9 Å². The number of urea groups is 1. The first kappa shape index (κ1) is 18.1. The molecule has 5 heteroatoms. The zero-order chi connectivity index (χ0) is 16.8. The van der Waals surface area contributed by atoms with E-state index in [-0.39, 0.29) is 17.9 Å². The van der Waals surface area contributed by atoms with Crippen molar-refractivity contribution in [1.82, 2.24) is 15.1 Å². The summed E-state index contributed by atoms with van der Waals surface area (Å²) in [5.41, 5.74) is 0. The Morgan fingerprint density at radius 1 is 1.00 bits per heavy atom. The highest BCUT2D eigenvalue weighted by Gasteiger charge is 2.28. The van der Waals surface area contributed by atoms with Gasteiger partial charge >= 0.3 is 6.03 Å². The predicted molar refractivity (Wildman–Crippen MR) is 92.1 cm³/mol. The number of nitrogens with zero attached hydrogens (tertiary/aromatic N) is 2. The van der Waals surface area contributed by atoms with Crippen LogP contribution in [-0.2, 0) is 4.79 Å². The zero-order valence-electron chi connectivity index (χ0n) is 15.0. The largest absolute Gasteiger partial charge is 0.349 e. The van der Waals surface area contributed by atoms with Crippen molar-refractivity contribution in [3.63, 3.8) is 0 Å². The van der Waals surface area contributed by atoms with E-state index in [1.807, 2.05) is 4.90 Å². The van der Waals surface area contributed by atoms with E-state index in [2.05, 4.69) is 12.2 Å². The number of nitrogens with one attached hydrogen (secondary N) is 1. The normalized spacial score (nSPS) is 26.0. The molecule has 0 aromatic carbocycles. The zero-order valence-corrected chi connectivity index (χ0v) is 15.0. The summed E-state index contributed by atoms with van der Waals surface area (Å²) < 4.78 is 0. The molecule has 0 aromatic heterocycles. The third-order valence-electron chi connectivity index (χ3n) is 5.66. The summed E-state index contributed by atoms with van der Waals surface area (Å²) in [4.78, 5) is 27.8. The van der Waals surface area contributed by atoms with E-state index in [0.717, 1.165) is 25.3 Å². The van der Waals surface area contributed by atoms with Crippen LogP contribution in [0, 0.1) is 17.8 Å². The lowest BCUT2D eigenvalue weighted by molar-refractivity contribution is -0.134. The van der Waals surface area contributed by atoms with Crippen LogP contribution in [0.1, 0.15) is 51.9 Å². The number of piperidine rings is 1. The van der Waals surface area contributed by atoms with Crippen molar-refractivity contribution in [3.05, 3.63) is 0 Å². The van der Waals surface area contributed by atoms with Gasteiger partial charge in [0.05, 0.1) is 0 Å². The van der Waals surface area contributed by atoms with Crippen LogP contribution >= 0.6 is 0 Å². The lowest BCUT2D eigenvalue weighted by Crippen LogP contribution is -2.47. The van der Waals surface area contributed by atoms with Gasteiger partial charge in [0.25, 0.3) is 0 Å². The van der Waals surface area contributed by atoms with E-state index < -0.39 is 0 Å². The first-order valence-electron chi connectivity index (χ1n) is 9.25. The molecule has 5 nitrogen and oxygen atoms in total. The summed E-state index contributed by atoms with van der Waals surface area (Å²) in [5, 5.41) is 3.11. The Kier molecular flexibility index (Phi) is 6.72. The number of carbonyl (C=O) groups is 2. The molecule has 1 saturated carbocycles. The quantitative estimate of drug-likeness (QED) is 0.865. The maximum atomic E-state index is 12.3. The van der Waals surface area contributed by atoms with Gasteiger partial charge in [-0.2, -0.15) is 0 Å². The van der Waals surface area contributed by atoms with Gasteiger partial charge in [-0.15, -0.1) is 0 Å². The lowest BCUT2D eigenvalue weighted by Gasteiger charge is -2.33. The molecule has 0 atom stereocenters. The summed E-state index contributed by atoms with van der Waals surface area (Å²) >= 11 is 0. The van der Waals surface area contributed by atoms with Crippen molar-refractivity contribution in [1.29, 1.82) is 0 Å². The summed E-state index contributed by atoms with van der Waals surface area (Å²) in [6.07, 6.45) is 7.98. The van der Waals surface area contributed by atoms with Crippen LogP contribution in [0.4, 0.5) is 4.79 Å². The highest BCUT2D eigenvalue weighted by atomic mass is 16.2. The van der Waals surface area contributed by atoms with Crippen LogP contribution in [0.5, 0.6) is 0 Å². The molecule has 0 spiro atoms. The minimum absolute atomic E-state index is 0.0540. The van der Waals surface area contributed by atoms with Crippen LogP contribution in [0.3, 0.4) is 0 Å². The molecule has 1 aliphatic heterocycles. The van der Waals surface area contributed by atoms with Crippen LogP contribution in [0.2, 0.25) is 0 Å². The molecular weight excluding hydrogens is 290 g/mol. The third-order valence-corrected chi connectivity index (χ3v) is 5.66. The molecule has 1 saturated heterocycles. The van der Waals surface area contributed by atoms with Crippen LogP contribution < -0.4 is 5.32 Å². The number of rotatable bonds is 4. The molecule has 2 fully saturated rings. The fourth-order valence-electron chi connectivity index (χ4n) is 3.88. The number of amides is 3. The lowest BCUT2D eigenvalue weighted by atomic mass is 9.81. The van der Waals surface area contributed by atoms with Gasteiger partial charge in [-0.05, 0) is 37.5 Å². The van der Waals surface area contributed by atoms with Crippen molar-refractivity contribution in [3.8, 4) is 0 Å². The average Bonchev–Trinajstić information content (AvgIpc) is 2.59. The molecule has 1 aliphatic carbocycles. The van der Waals surface area contributed by atoms with E-state index in [1.54, 1.807) is 19.0 Å². The van der Waals surface area contributed by atoms with Gasteiger partial charge in [-0.3, -0.25) is 4.79 Å². The minimum atomic E-state index is 0.0540. The van der Waals surface area contributed by atoms with Crippen LogP contribution in [0.15, 0.2) is 0 Å². The molecule has 2 rings (SSSR count). The average molecular weight is 323 g/mol. The Morgan fingerprint density at radius 3 is 2.09 bits per heavy atom.